The maximum absolute atomic E-state index is 12.9. The van der Waals surface area contributed by atoms with Crippen molar-refractivity contribution in [2.24, 2.45) is 0 Å². The molecule has 0 spiro atoms. The van der Waals surface area contributed by atoms with Gasteiger partial charge < -0.3 is 0 Å². The molecule has 0 N–H and O–H groups in total. The van der Waals surface area contributed by atoms with E-state index in [2.05, 4.69) is 0 Å². The molecule has 1 fully saturated rings. The van der Waals surface area contributed by atoms with Crippen LogP contribution in [0.5, 0.6) is 0 Å². The normalized spacial score (nSPS) is 16.6. The van der Waals surface area contributed by atoms with Gasteiger partial charge in [0.05, 0.1) is 10.6 Å². The quantitative estimate of drug-likeness (QED) is 0.596. The molecule has 2 aromatic carbocycles. The van der Waals surface area contributed by atoms with Crippen LogP contribution in [0, 0.1) is 12.7 Å². The number of anilines is 1. The summed E-state index contributed by atoms with van der Waals surface area (Å²) in [5.74, 6) is -0.450. The standard InChI is InChI=1S/C17H12FNOS2/c1-11-3-2-4-14(9-11)19-16(20)15(22-17(19)21)10-12-5-7-13(18)8-6-12/h2-10H,1H3/b15-10-. The molecule has 2 aromatic rings. The van der Waals surface area contributed by atoms with E-state index >= 15 is 0 Å². The average Bonchev–Trinajstić information content (AvgIpc) is 2.76. The Morgan fingerprint density at radius 3 is 2.59 bits per heavy atom. The highest BCUT2D eigenvalue weighted by molar-refractivity contribution is 8.27. The van der Waals surface area contributed by atoms with E-state index in [1.54, 1.807) is 18.2 Å². The monoisotopic (exact) mass is 329 g/mol. The van der Waals surface area contributed by atoms with E-state index in [1.165, 1.54) is 28.8 Å². The number of benzene rings is 2. The molecule has 0 aromatic heterocycles. The molecule has 1 aliphatic heterocycles. The van der Waals surface area contributed by atoms with Gasteiger partial charge in [-0.05, 0) is 48.4 Å². The van der Waals surface area contributed by atoms with Crippen molar-refractivity contribution >= 4 is 46.0 Å². The summed E-state index contributed by atoms with van der Waals surface area (Å²) in [6, 6.07) is 13.6. The van der Waals surface area contributed by atoms with E-state index in [4.69, 9.17) is 12.2 Å². The van der Waals surface area contributed by atoms with Gasteiger partial charge in [-0.3, -0.25) is 9.69 Å². The molecule has 1 saturated heterocycles. The Balaban J connectivity index is 1.93. The number of aryl methyl sites for hydroxylation is 1. The van der Waals surface area contributed by atoms with Crippen LogP contribution in [0.1, 0.15) is 11.1 Å². The van der Waals surface area contributed by atoms with Crippen LogP contribution >= 0.6 is 24.0 Å². The van der Waals surface area contributed by atoms with Gasteiger partial charge in [0, 0.05) is 0 Å². The van der Waals surface area contributed by atoms with Crippen molar-refractivity contribution in [2.75, 3.05) is 4.90 Å². The minimum atomic E-state index is -0.301. The summed E-state index contributed by atoms with van der Waals surface area (Å²) in [7, 11) is 0. The maximum atomic E-state index is 12.9. The number of thioether (sulfide) groups is 1. The van der Waals surface area contributed by atoms with E-state index in [-0.39, 0.29) is 11.7 Å². The molecule has 0 atom stereocenters. The zero-order valence-electron chi connectivity index (χ0n) is 11.7. The number of hydrogen-bond donors (Lipinski definition) is 0. The van der Waals surface area contributed by atoms with E-state index in [0.29, 0.717) is 9.23 Å². The number of carbonyl (C=O) groups is 1. The van der Waals surface area contributed by atoms with Crippen molar-refractivity contribution in [2.45, 2.75) is 6.92 Å². The molecule has 0 aliphatic carbocycles. The van der Waals surface area contributed by atoms with Crippen LogP contribution in [0.2, 0.25) is 0 Å². The Hall–Kier alpha value is -1.98. The van der Waals surface area contributed by atoms with Crippen LogP contribution in [0.4, 0.5) is 10.1 Å². The molecule has 1 heterocycles. The van der Waals surface area contributed by atoms with E-state index in [9.17, 15) is 9.18 Å². The van der Waals surface area contributed by atoms with Crippen LogP contribution in [-0.4, -0.2) is 10.2 Å². The third-order valence-electron chi connectivity index (χ3n) is 3.22. The first kappa shape index (κ1) is 14.9. The van der Waals surface area contributed by atoms with Crippen LogP contribution < -0.4 is 4.90 Å². The van der Waals surface area contributed by atoms with Gasteiger partial charge in [-0.25, -0.2) is 4.39 Å². The number of hydrogen-bond acceptors (Lipinski definition) is 3. The second kappa shape index (κ2) is 6.02. The predicted octanol–water partition coefficient (Wildman–Crippen LogP) is 4.54. The highest BCUT2D eigenvalue weighted by Crippen LogP contribution is 2.36. The minimum Gasteiger partial charge on any atom is -0.268 e. The SMILES string of the molecule is Cc1cccc(N2C(=O)/C(=C/c3ccc(F)cc3)SC2=S)c1. The number of amides is 1. The average molecular weight is 329 g/mol. The number of rotatable bonds is 2. The van der Waals surface area contributed by atoms with Gasteiger partial charge in [0.2, 0.25) is 0 Å². The topological polar surface area (TPSA) is 20.3 Å². The Morgan fingerprint density at radius 2 is 1.91 bits per heavy atom. The first-order chi connectivity index (χ1) is 10.5. The third-order valence-corrected chi connectivity index (χ3v) is 4.52. The highest BCUT2D eigenvalue weighted by atomic mass is 32.2. The maximum Gasteiger partial charge on any atom is 0.270 e. The summed E-state index contributed by atoms with van der Waals surface area (Å²) in [4.78, 5) is 14.6. The van der Waals surface area contributed by atoms with E-state index in [0.717, 1.165) is 16.8 Å². The first-order valence-electron chi connectivity index (χ1n) is 6.65. The zero-order valence-corrected chi connectivity index (χ0v) is 13.4. The summed E-state index contributed by atoms with van der Waals surface area (Å²) >= 11 is 6.58. The molecule has 0 radical (unpaired) electrons. The molecule has 1 aliphatic rings. The molecule has 1 amide bonds. The lowest BCUT2D eigenvalue weighted by Gasteiger charge is -2.14. The zero-order chi connectivity index (χ0) is 15.7. The van der Waals surface area contributed by atoms with Crippen LogP contribution in [-0.2, 0) is 4.79 Å². The number of nitrogens with zero attached hydrogens (tertiary/aromatic N) is 1. The lowest BCUT2D eigenvalue weighted by molar-refractivity contribution is -0.113. The van der Waals surface area contributed by atoms with E-state index < -0.39 is 0 Å². The fraction of sp³-hybridized carbons (Fsp3) is 0.0588. The van der Waals surface area contributed by atoms with Crippen molar-refractivity contribution in [3.8, 4) is 0 Å². The lowest BCUT2D eigenvalue weighted by atomic mass is 10.2. The molecule has 5 heteroatoms. The molecular weight excluding hydrogens is 317 g/mol. The Kier molecular flexibility index (Phi) is 4.09. The third kappa shape index (κ3) is 2.96. The fourth-order valence-corrected chi connectivity index (χ4v) is 3.47. The highest BCUT2D eigenvalue weighted by Gasteiger charge is 2.33. The summed E-state index contributed by atoms with van der Waals surface area (Å²) < 4.78 is 13.4. The van der Waals surface area contributed by atoms with Crippen LogP contribution in [0.3, 0.4) is 0 Å². The molecule has 110 valence electrons. The van der Waals surface area contributed by atoms with E-state index in [1.807, 2.05) is 31.2 Å². The largest absolute Gasteiger partial charge is 0.270 e. The second-order valence-corrected chi connectivity index (χ2v) is 6.58. The number of carbonyl (C=O) groups excluding carboxylic acids is 1. The molecule has 22 heavy (non-hydrogen) atoms. The molecule has 2 nitrogen and oxygen atoms in total. The molecular formula is C17H12FNOS2. The summed E-state index contributed by atoms with van der Waals surface area (Å²) in [6.45, 7) is 1.97. The smallest absolute Gasteiger partial charge is 0.268 e. The van der Waals surface area contributed by atoms with Gasteiger partial charge >= 0.3 is 0 Å². The molecule has 3 rings (SSSR count). The Labute approximate surface area is 137 Å². The Morgan fingerprint density at radius 1 is 1.18 bits per heavy atom. The predicted molar refractivity (Wildman–Crippen MR) is 93.2 cm³/mol. The van der Waals surface area contributed by atoms with Crippen molar-refractivity contribution in [3.05, 3.63) is 70.4 Å². The summed E-state index contributed by atoms with van der Waals surface area (Å²) in [5, 5.41) is 0. The number of thiocarbonyl (C=S) groups is 1. The van der Waals surface area contributed by atoms with Crippen molar-refractivity contribution in [1.29, 1.82) is 0 Å². The van der Waals surface area contributed by atoms with Gasteiger partial charge in [-0.1, -0.05) is 48.2 Å². The van der Waals surface area contributed by atoms with Crippen molar-refractivity contribution in [1.82, 2.24) is 0 Å². The minimum absolute atomic E-state index is 0.148. The summed E-state index contributed by atoms with van der Waals surface area (Å²) in [6.07, 6.45) is 1.73. The molecule has 0 unspecified atom stereocenters. The number of halogens is 1. The van der Waals surface area contributed by atoms with Crippen LogP contribution in [0.15, 0.2) is 53.4 Å². The Bertz CT molecular complexity index is 784. The summed E-state index contributed by atoms with van der Waals surface area (Å²) in [5.41, 5.74) is 2.60. The van der Waals surface area contributed by atoms with Crippen molar-refractivity contribution in [3.63, 3.8) is 0 Å². The first-order valence-corrected chi connectivity index (χ1v) is 7.87. The molecule has 0 saturated carbocycles. The van der Waals surface area contributed by atoms with Gasteiger partial charge in [0.15, 0.2) is 4.32 Å². The van der Waals surface area contributed by atoms with Gasteiger partial charge in [-0.2, -0.15) is 0 Å². The van der Waals surface area contributed by atoms with Gasteiger partial charge in [0.25, 0.3) is 5.91 Å². The van der Waals surface area contributed by atoms with Gasteiger partial charge in [-0.15, -0.1) is 0 Å². The van der Waals surface area contributed by atoms with Gasteiger partial charge in [0.1, 0.15) is 5.82 Å². The second-order valence-electron chi connectivity index (χ2n) is 4.91. The fourth-order valence-electron chi connectivity index (χ4n) is 2.17. The van der Waals surface area contributed by atoms with Crippen molar-refractivity contribution < 1.29 is 9.18 Å². The lowest BCUT2D eigenvalue weighted by Crippen LogP contribution is -2.27. The van der Waals surface area contributed by atoms with Crippen LogP contribution in [0.25, 0.3) is 6.08 Å². The molecule has 0 bridgehead atoms.